The van der Waals surface area contributed by atoms with Crippen LogP contribution in [0.15, 0.2) is 22.7 Å². The van der Waals surface area contributed by atoms with Crippen LogP contribution in [0.3, 0.4) is 0 Å². The summed E-state index contributed by atoms with van der Waals surface area (Å²) in [5.41, 5.74) is 6.42. The molecule has 0 aliphatic carbocycles. The molecule has 0 aromatic heterocycles. The highest BCUT2D eigenvalue weighted by Gasteiger charge is 2.14. The molecular weight excluding hydrogens is 314 g/mol. The molecule has 2 rings (SSSR count). The fourth-order valence-corrected chi connectivity index (χ4v) is 2.79. The average molecular weight is 330 g/mol. The first-order valence-corrected chi connectivity index (χ1v) is 7.20. The third-order valence-corrected chi connectivity index (χ3v) is 3.79. The van der Waals surface area contributed by atoms with E-state index in [4.69, 9.17) is 27.4 Å². The molecule has 2 N–H and O–H groups in total. The van der Waals surface area contributed by atoms with Crippen molar-refractivity contribution < 1.29 is 9.47 Å². The van der Waals surface area contributed by atoms with Gasteiger partial charge in [-0.1, -0.05) is 12.2 Å². The monoisotopic (exact) mass is 329 g/mol. The summed E-state index contributed by atoms with van der Waals surface area (Å²) in [7, 11) is 0. The van der Waals surface area contributed by atoms with Gasteiger partial charge >= 0.3 is 0 Å². The predicted octanol–water partition coefficient (Wildman–Crippen LogP) is 3.03. The van der Waals surface area contributed by atoms with Crippen LogP contribution in [-0.2, 0) is 4.74 Å². The van der Waals surface area contributed by atoms with Crippen molar-refractivity contribution in [2.75, 3.05) is 13.2 Å². The van der Waals surface area contributed by atoms with Crippen LogP contribution in [0.1, 0.15) is 24.8 Å². The Hall–Kier alpha value is -0.650. The standard InChI is InChI=1S/C13H16BrNO2S/c14-12-7-9(4-5-11(12)13(15)18)17-8-10-3-1-2-6-16-10/h4-5,7,10H,1-3,6,8H2,(H2,15,18). The van der Waals surface area contributed by atoms with Gasteiger partial charge in [-0.2, -0.15) is 0 Å². The highest BCUT2D eigenvalue weighted by atomic mass is 79.9. The first-order chi connectivity index (χ1) is 8.66. The van der Waals surface area contributed by atoms with Crippen molar-refractivity contribution in [3.05, 3.63) is 28.2 Å². The predicted molar refractivity (Wildman–Crippen MR) is 79.1 cm³/mol. The van der Waals surface area contributed by atoms with Crippen LogP contribution in [0.5, 0.6) is 5.75 Å². The third kappa shape index (κ3) is 3.67. The SMILES string of the molecule is NC(=S)c1ccc(OCC2CCCCO2)cc1Br. The molecule has 0 radical (unpaired) electrons. The zero-order valence-electron chi connectivity index (χ0n) is 10.0. The molecule has 1 fully saturated rings. The Bertz CT molecular complexity index is 433. The van der Waals surface area contributed by atoms with E-state index >= 15 is 0 Å². The van der Waals surface area contributed by atoms with Crippen molar-refractivity contribution in [3.8, 4) is 5.75 Å². The number of ether oxygens (including phenoxy) is 2. The first-order valence-electron chi connectivity index (χ1n) is 6.00. The summed E-state index contributed by atoms with van der Waals surface area (Å²) < 4.78 is 12.2. The molecule has 1 aromatic rings. The van der Waals surface area contributed by atoms with E-state index in [0.717, 1.165) is 35.2 Å². The van der Waals surface area contributed by atoms with Crippen LogP contribution in [-0.4, -0.2) is 24.3 Å². The van der Waals surface area contributed by atoms with Crippen LogP contribution >= 0.6 is 28.1 Å². The first kappa shape index (κ1) is 13.8. The molecule has 98 valence electrons. The topological polar surface area (TPSA) is 44.5 Å². The van der Waals surface area contributed by atoms with E-state index in [9.17, 15) is 0 Å². The van der Waals surface area contributed by atoms with Gasteiger partial charge in [0.25, 0.3) is 0 Å². The minimum atomic E-state index is 0.216. The van der Waals surface area contributed by atoms with E-state index in [0.29, 0.717) is 11.6 Å². The van der Waals surface area contributed by atoms with Crippen LogP contribution in [0.25, 0.3) is 0 Å². The summed E-state index contributed by atoms with van der Waals surface area (Å²) >= 11 is 8.38. The maximum absolute atomic E-state index is 5.72. The lowest BCUT2D eigenvalue weighted by Crippen LogP contribution is -2.25. The quantitative estimate of drug-likeness (QED) is 0.862. The second kappa shape index (κ2) is 6.50. The lowest BCUT2D eigenvalue weighted by molar-refractivity contribution is -0.0110. The molecule has 18 heavy (non-hydrogen) atoms. The molecule has 5 heteroatoms. The van der Waals surface area contributed by atoms with Gasteiger partial charge in [-0.3, -0.25) is 0 Å². The van der Waals surface area contributed by atoms with Gasteiger partial charge in [0.05, 0.1) is 6.10 Å². The number of rotatable bonds is 4. The summed E-state index contributed by atoms with van der Waals surface area (Å²) in [5.74, 6) is 0.802. The van der Waals surface area contributed by atoms with Gasteiger partial charge in [0.1, 0.15) is 17.3 Å². The number of nitrogens with two attached hydrogens (primary N) is 1. The summed E-state index contributed by atoms with van der Waals surface area (Å²) in [4.78, 5) is 0.379. The second-order valence-electron chi connectivity index (χ2n) is 4.31. The van der Waals surface area contributed by atoms with Crippen molar-refractivity contribution in [1.29, 1.82) is 0 Å². The summed E-state index contributed by atoms with van der Waals surface area (Å²) in [6.45, 7) is 1.44. The molecule has 1 aliphatic heterocycles. The van der Waals surface area contributed by atoms with Gasteiger partial charge in [-0.05, 0) is 53.4 Å². The molecule has 1 aromatic carbocycles. The molecule has 3 nitrogen and oxygen atoms in total. The molecule has 1 saturated heterocycles. The number of halogens is 1. The Morgan fingerprint density at radius 3 is 2.94 bits per heavy atom. The van der Waals surface area contributed by atoms with Gasteiger partial charge in [0, 0.05) is 16.6 Å². The summed E-state index contributed by atoms with van der Waals surface area (Å²) in [5, 5.41) is 0. The number of thiocarbonyl (C=S) groups is 1. The fraction of sp³-hybridized carbons (Fsp3) is 0.462. The van der Waals surface area contributed by atoms with Crippen molar-refractivity contribution in [1.82, 2.24) is 0 Å². The van der Waals surface area contributed by atoms with Crippen LogP contribution < -0.4 is 10.5 Å². The summed E-state index contributed by atoms with van der Waals surface area (Å²) in [6.07, 6.45) is 3.67. The van der Waals surface area contributed by atoms with E-state index in [-0.39, 0.29) is 6.10 Å². The Balaban J connectivity index is 1.93. The Kier molecular flexibility index (Phi) is 4.97. The lowest BCUT2D eigenvalue weighted by Gasteiger charge is -2.22. The van der Waals surface area contributed by atoms with Crippen molar-refractivity contribution in [2.24, 2.45) is 5.73 Å². The molecule has 0 saturated carbocycles. The van der Waals surface area contributed by atoms with Gasteiger partial charge < -0.3 is 15.2 Å². The lowest BCUT2D eigenvalue weighted by atomic mass is 10.1. The zero-order valence-corrected chi connectivity index (χ0v) is 12.4. The van der Waals surface area contributed by atoms with Crippen LogP contribution in [0.2, 0.25) is 0 Å². The highest BCUT2D eigenvalue weighted by Crippen LogP contribution is 2.24. The Labute approximate surface area is 121 Å². The van der Waals surface area contributed by atoms with Gasteiger partial charge in [-0.25, -0.2) is 0 Å². The molecular formula is C13H16BrNO2S. The van der Waals surface area contributed by atoms with E-state index < -0.39 is 0 Å². The van der Waals surface area contributed by atoms with Gasteiger partial charge in [0.2, 0.25) is 0 Å². The summed E-state index contributed by atoms with van der Waals surface area (Å²) in [6, 6.07) is 5.63. The van der Waals surface area contributed by atoms with E-state index in [1.54, 1.807) is 0 Å². The Morgan fingerprint density at radius 1 is 1.50 bits per heavy atom. The third-order valence-electron chi connectivity index (χ3n) is 2.92. The maximum Gasteiger partial charge on any atom is 0.120 e. The smallest absolute Gasteiger partial charge is 0.120 e. The van der Waals surface area contributed by atoms with E-state index in [1.165, 1.54) is 6.42 Å². The zero-order chi connectivity index (χ0) is 13.0. The van der Waals surface area contributed by atoms with E-state index in [1.807, 2.05) is 18.2 Å². The molecule has 1 atom stereocenters. The van der Waals surface area contributed by atoms with Gasteiger partial charge in [0.15, 0.2) is 0 Å². The van der Waals surface area contributed by atoms with Crippen molar-refractivity contribution in [2.45, 2.75) is 25.4 Å². The molecule has 1 heterocycles. The van der Waals surface area contributed by atoms with Crippen LogP contribution in [0, 0.1) is 0 Å². The number of hydrogen-bond acceptors (Lipinski definition) is 3. The fourth-order valence-electron chi connectivity index (χ4n) is 1.91. The molecule has 0 bridgehead atoms. The second-order valence-corrected chi connectivity index (χ2v) is 5.60. The minimum absolute atomic E-state index is 0.216. The van der Waals surface area contributed by atoms with Crippen molar-refractivity contribution in [3.63, 3.8) is 0 Å². The molecule has 1 unspecified atom stereocenters. The maximum atomic E-state index is 5.72. The number of hydrogen-bond donors (Lipinski definition) is 1. The average Bonchev–Trinajstić information content (AvgIpc) is 2.37. The molecule has 0 amide bonds. The Morgan fingerprint density at radius 2 is 2.33 bits per heavy atom. The largest absolute Gasteiger partial charge is 0.491 e. The van der Waals surface area contributed by atoms with Crippen LogP contribution in [0.4, 0.5) is 0 Å². The van der Waals surface area contributed by atoms with E-state index in [2.05, 4.69) is 15.9 Å². The van der Waals surface area contributed by atoms with Crippen molar-refractivity contribution >= 4 is 33.1 Å². The number of benzene rings is 1. The molecule has 1 aliphatic rings. The normalized spacial score (nSPS) is 19.5. The minimum Gasteiger partial charge on any atom is -0.491 e. The van der Waals surface area contributed by atoms with Gasteiger partial charge in [-0.15, -0.1) is 0 Å². The highest BCUT2D eigenvalue weighted by molar-refractivity contribution is 9.10. The molecule has 0 spiro atoms.